The summed E-state index contributed by atoms with van der Waals surface area (Å²) in [5.41, 5.74) is 1.93. The Kier molecular flexibility index (Phi) is 7.36. The first-order valence-electron chi connectivity index (χ1n) is 7.18. The van der Waals surface area contributed by atoms with E-state index in [9.17, 15) is 9.90 Å². The molecule has 0 spiro atoms. The fourth-order valence-electron chi connectivity index (χ4n) is 2.12. The molecular weight excluding hydrogens is 270 g/mol. The third-order valence-corrected chi connectivity index (χ3v) is 3.46. The molecule has 5 heteroatoms. The minimum absolute atomic E-state index is 0.0452. The largest absolute Gasteiger partial charge is 0.469 e. The average Bonchev–Trinajstić information content (AvgIpc) is 2.50. The lowest BCUT2D eigenvalue weighted by molar-refractivity contribution is -0.142. The van der Waals surface area contributed by atoms with Crippen molar-refractivity contribution in [2.24, 2.45) is 0 Å². The summed E-state index contributed by atoms with van der Waals surface area (Å²) in [4.78, 5) is 11.4. The molecule has 0 aliphatic rings. The molecule has 2 atom stereocenters. The van der Waals surface area contributed by atoms with Crippen molar-refractivity contribution in [3.05, 3.63) is 35.4 Å². The molecule has 1 aromatic carbocycles. The third kappa shape index (κ3) is 5.46. The first-order chi connectivity index (χ1) is 9.99. The highest BCUT2D eigenvalue weighted by molar-refractivity contribution is 5.70. The molecule has 2 unspecified atom stereocenters. The number of esters is 1. The summed E-state index contributed by atoms with van der Waals surface area (Å²) >= 11 is 0. The van der Waals surface area contributed by atoms with Crippen molar-refractivity contribution >= 4 is 5.97 Å². The van der Waals surface area contributed by atoms with Gasteiger partial charge in [-0.15, -0.1) is 0 Å². The third-order valence-electron chi connectivity index (χ3n) is 3.46. The van der Waals surface area contributed by atoms with E-state index >= 15 is 0 Å². The lowest BCUT2D eigenvalue weighted by Crippen LogP contribution is -2.38. The molecule has 0 aromatic heterocycles. The number of carbonyl (C=O) groups is 1. The van der Waals surface area contributed by atoms with Gasteiger partial charge < -0.3 is 20.3 Å². The topological polar surface area (TPSA) is 78.8 Å². The first-order valence-corrected chi connectivity index (χ1v) is 7.18. The summed E-state index contributed by atoms with van der Waals surface area (Å²) in [7, 11) is 1.31. The van der Waals surface area contributed by atoms with E-state index in [-0.39, 0.29) is 13.0 Å². The van der Waals surface area contributed by atoms with Crippen LogP contribution in [0.1, 0.15) is 43.4 Å². The number of rotatable bonds is 8. The van der Waals surface area contributed by atoms with Crippen LogP contribution in [0.3, 0.4) is 0 Å². The van der Waals surface area contributed by atoms with E-state index < -0.39 is 18.1 Å². The number of hydrogen-bond donors (Lipinski definition) is 3. The van der Waals surface area contributed by atoms with E-state index in [4.69, 9.17) is 5.11 Å². The SMILES string of the molecule is COC(=O)CC(NCCO)C(O)c1ccc(C(C)C)cc1. The molecule has 3 N–H and O–H groups in total. The first kappa shape index (κ1) is 17.6. The van der Waals surface area contributed by atoms with Crippen LogP contribution in [0.2, 0.25) is 0 Å². The lowest BCUT2D eigenvalue weighted by atomic mass is 9.96. The Bertz CT molecular complexity index is 430. The van der Waals surface area contributed by atoms with Gasteiger partial charge in [-0.3, -0.25) is 4.79 Å². The van der Waals surface area contributed by atoms with Gasteiger partial charge in [-0.05, 0) is 17.0 Å². The number of methoxy groups -OCH3 is 1. The standard InChI is InChI=1S/C16H25NO4/c1-11(2)12-4-6-13(7-5-12)16(20)14(17-8-9-18)10-15(19)21-3/h4-7,11,14,16-18,20H,8-10H2,1-3H3. The minimum Gasteiger partial charge on any atom is -0.469 e. The van der Waals surface area contributed by atoms with E-state index in [0.29, 0.717) is 12.5 Å². The Labute approximate surface area is 125 Å². The molecule has 0 radical (unpaired) electrons. The van der Waals surface area contributed by atoms with Gasteiger partial charge in [0.15, 0.2) is 0 Å². The number of aliphatic hydroxyl groups excluding tert-OH is 2. The molecule has 21 heavy (non-hydrogen) atoms. The molecule has 118 valence electrons. The van der Waals surface area contributed by atoms with Crippen LogP contribution in [0.5, 0.6) is 0 Å². The normalized spacial score (nSPS) is 14.0. The predicted molar refractivity (Wildman–Crippen MR) is 81.0 cm³/mol. The van der Waals surface area contributed by atoms with Crippen molar-refractivity contribution < 1.29 is 19.7 Å². The second kappa shape index (κ2) is 8.77. The van der Waals surface area contributed by atoms with Crippen molar-refractivity contribution in [2.45, 2.75) is 38.3 Å². The molecule has 0 saturated heterocycles. The van der Waals surface area contributed by atoms with E-state index in [1.807, 2.05) is 24.3 Å². The highest BCUT2D eigenvalue weighted by Crippen LogP contribution is 2.22. The second-order valence-corrected chi connectivity index (χ2v) is 5.33. The van der Waals surface area contributed by atoms with E-state index in [1.54, 1.807) is 0 Å². The van der Waals surface area contributed by atoms with Gasteiger partial charge in [0, 0.05) is 12.6 Å². The van der Waals surface area contributed by atoms with Crippen molar-refractivity contribution in [2.75, 3.05) is 20.3 Å². The van der Waals surface area contributed by atoms with Crippen LogP contribution in [0.4, 0.5) is 0 Å². The fourth-order valence-corrected chi connectivity index (χ4v) is 2.12. The molecule has 1 rings (SSSR count). The van der Waals surface area contributed by atoms with Gasteiger partial charge in [0.1, 0.15) is 0 Å². The van der Waals surface area contributed by atoms with Gasteiger partial charge in [0.05, 0.1) is 26.2 Å². The average molecular weight is 295 g/mol. The van der Waals surface area contributed by atoms with Crippen LogP contribution in [-0.2, 0) is 9.53 Å². The Hall–Kier alpha value is -1.43. The molecule has 0 bridgehead atoms. The highest BCUT2D eigenvalue weighted by atomic mass is 16.5. The monoisotopic (exact) mass is 295 g/mol. The Morgan fingerprint density at radius 1 is 1.24 bits per heavy atom. The van der Waals surface area contributed by atoms with Crippen molar-refractivity contribution in [3.63, 3.8) is 0 Å². The Morgan fingerprint density at radius 3 is 2.29 bits per heavy atom. The maximum absolute atomic E-state index is 11.4. The summed E-state index contributed by atoms with van der Waals surface area (Å²) in [6.07, 6.45) is -0.791. The molecule has 0 heterocycles. The summed E-state index contributed by atoms with van der Waals surface area (Å²) in [6.45, 7) is 4.46. The van der Waals surface area contributed by atoms with Crippen LogP contribution >= 0.6 is 0 Å². The van der Waals surface area contributed by atoms with Gasteiger partial charge in [-0.2, -0.15) is 0 Å². The minimum atomic E-state index is -0.836. The summed E-state index contributed by atoms with van der Waals surface area (Å²) in [5.74, 6) is 0.0258. The highest BCUT2D eigenvalue weighted by Gasteiger charge is 2.23. The van der Waals surface area contributed by atoms with Crippen molar-refractivity contribution in [3.8, 4) is 0 Å². The molecular formula is C16H25NO4. The molecule has 1 aromatic rings. The number of ether oxygens (including phenoxy) is 1. The van der Waals surface area contributed by atoms with E-state index in [1.165, 1.54) is 12.7 Å². The molecule has 0 saturated carbocycles. The van der Waals surface area contributed by atoms with Crippen LogP contribution in [-0.4, -0.2) is 42.5 Å². The van der Waals surface area contributed by atoms with Gasteiger partial charge >= 0.3 is 5.97 Å². The van der Waals surface area contributed by atoms with Gasteiger partial charge in [-0.1, -0.05) is 38.1 Å². The lowest BCUT2D eigenvalue weighted by Gasteiger charge is -2.23. The Balaban J connectivity index is 2.82. The number of hydrogen-bond acceptors (Lipinski definition) is 5. The maximum atomic E-state index is 11.4. The second-order valence-electron chi connectivity index (χ2n) is 5.33. The van der Waals surface area contributed by atoms with E-state index in [2.05, 4.69) is 23.9 Å². The zero-order valence-electron chi connectivity index (χ0n) is 12.9. The summed E-state index contributed by atoms with van der Waals surface area (Å²) in [5, 5.41) is 22.3. The zero-order valence-corrected chi connectivity index (χ0v) is 12.9. The van der Waals surface area contributed by atoms with Gasteiger partial charge in [-0.25, -0.2) is 0 Å². The van der Waals surface area contributed by atoms with Crippen LogP contribution in [0.25, 0.3) is 0 Å². The van der Waals surface area contributed by atoms with Crippen molar-refractivity contribution in [1.82, 2.24) is 5.32 Å². The maximum Gasteiger partial charge on any atom is 0.307 e. The van der Waals surface area contributed by atoms with Crippen LogP contribution in [0, 0.1) is 0 Å². The Morgan fingerprint density at radius 2 is 1.81 bits per heavy atom. The van der Waals surface area contributed by atoms with Crippen LogP contribution in [0.15, 0.2) is 24.3 Å². The van der Waals surface area contributed by atoms with Gasteiger partial charge in [0.2, 0.25) is 0 Å². The smallest absolute Gasteiger partial charge is 0.307 e. The van der Waals surface area contributed by atoms with Crippen molar-refractivity contribution in [1.29, 1.82) is 0 Å². The number of benzene rings is 1. The summed E-state index contributed by atoms with van der Waals surface area (Å²) < 4.78 is 4.64. The molecule has 0 fully saturated rings. The fraction of sp³-hybridized carbons (Fsp3) is 0.562. The number of aliphatic hydroxyl groups is 2. The molecule has 0 aliphatic carbocycles. The molecule has 0 amide bonds. The summed E-state index contributed by atoms with van der Waals surface area (Å²) in [6, 6.07) is 7.19. The van der Waals surface area contributed by atoms with E-state index in [0.717, 1.165) is 5.56 Å². The zero-order chi connectivity index (χ0) is 15.8. The number of nitrogens with one attached hydrogen (secondary N) is 1. The van der Waals surface area contributed by atoms with Gasteiger partial charge in [0.25, 0.3) is 0 Å². The molecule has 0 aliphatic heterocycles. The van der Waals surface area contributed by atoms with Crippen LogP contribution < -0.4 is 5.32 Å². The number of carbonyl (C=O) groups excluding carboxylic acids is 1. The molecule has 5 nitrogen and oxygen atoms in total. The predicted octanol–water partition coefficient (Wildman–Crippen LogP) is 1.36. The quantitative estimate of drug-likeness (QED) is 0.631.